The molecule has 6 heteroatoms. The maximum absolute atomic E-state index is 9.73. The molecule has 0 saturated heterocycles. The predicted molar refractivity (Wildman–Crippen MR) is 72.1 cm³/mol. The Morgan fingerprint density at radius 3 is 2.83 bits per heavy atom. The van der Waals surface area contributed by atoms with E-state index in [9.17, 15) is 10.2 Å². The number of phenolic OH excluding ortho intramolecular Hbond substituents is 2. The molecule has 0 amide bonds. The monoisotopic (exact) mass is 265 g/mol. The molecular formula is C12H15N3O2S. The van der Waals surface area contributed by atoms with E-state index in [-0.39, 0.29) is 11.5 Å². The summed E-state index contributed by atoms with van der Waals surface area (Å²) in [6.45, 7) is 2.99. The van der Waals surface area contributed by atoms with Crippen LogP contribution in [-0.2, 0) is 0 Å². The molecule has 0 fully saturated rings. The van der Waals surface area contributed by atoms with E-state index in [1.54, 1.807) is 6.07 Å². The third-order valence-corrected chi connectivity index (χ3v) is 3.36. The van der Waals surface area contributed by atoms with Crippen molar-refractivity contribution in [3.63, 3.8) is 0 Å². The molecule has 0 radical (unpaired) electrons. The normalized spacial score (nSPS) is 10.5. The van der Waals surface area contributed by atoms with Crippen molar-refractivity contribution in [3.8, 4) is 22.1 Å². The number of aromatic nitrogens is 2. The fourth-order valence-corrected chi connectivity index (χ4v) is 2.28. The Hall–Kier alpha value is -1.82. The Labute approximate surface area is 109 Å². The Bertz CT molecular complexity index is 528. The van der Waals surface area contributed by atoms with E-state index < -0.39 is 0 Å². The Morgan fingerprint density at radius 1 is 1.28 bits per heavy atom. The van der Waals surface area contributed by atoms with Crippen LogP contribution in [0.5, 0.6) is 11.5 Å². The van der Waals surface area contributed by atoms with E-state index in [4.69, 9.17) is 0 Å². The predicted octanol–water partition coefficient (Wildman–Crippen LogP) is 2.83. The van der Waals surface area contributed by atoms with Crippen LogP contribution in [0, 0.1) is 0 Å². The lowest BCUT2D eigenvalue weighted by Gasteiger charge is -2.00. The third-order valence-electron chi connectivity index (χ3n) is 2.44. The Morgan fingerprint density at radius 2 is 2.11 bits per heavy atom. The number of aromatic hydroxyl groups is 2. The van der Waals surface area contributed by atoms with Crippen molar-refractivity contribution in [1.29, 1.82) is 0 Å². The number of hydrogen-bond acceptors (Lipinski definition) is 6. The Balaban J connectivity index is 2.13. The van der Waals surface area contributed by atoms with Gasteiger partial charge in [0.05, 0.1) is 5.56 Å². The minimum absolute atomic E-state index is 0.00579. The second kappa shape index (κ2) is 5.68. The molecule has 96 valence electrons. The molecule has 0 atom stereocenters. The van der Waals surface area contributed by atoms with Crippen LogP contribution in [0.3, 0.4) is 0 Å². The molecule has 0 bridgehead atoms. The molecule has 2 aromatic rings. The number of unbranched alkanes of at least 4 members (excludes halogenated alkanes) is 1. The van der Waals surface area contributed by atoms with E-state index in [0.717, 1.165) is 24.5 Å². The molecule has 0 aliphatic heterocycles. The van der Waals surface area contributed by atoms with E-state index in [1.807, 2.05) is 0 Å². The molecule has 2 rings (SSSR count). The number of nitrogens with zero attached hydrogens (tertiary/aromatic N) is 2. The lowest BCUT2D eigenvalue weighted by molar-refractivity contribution is 0.452. The third kappa shape index (κ3) is 2.89. The molecule has 3 N–H and O–H groups in total. The van der Waals surface area contributed by atoms with Crippen molar-refractivity contribution in [2.45, 2.75) is 19.8 Å². The first kappa shape index (κ1) is 12.6. The molecule has 0 aliphatic rings. The average Bonchev–Trinajstić information content (AvgIpc) is 2.78. The van der Waals surface area contributed by atoms with Gasteiger partial charge in [0.1, 0.15) is 11.5 Å². The number of rotatable bonds is 5. The average molecular weight is 265 g/mol. The molecular weight excluding hydrogens is 250 g/mol. The van der Waals surface area contributed by atoms with Crippen LogP contribution in [0.15, 0.2) is 18.2 Å². The lowest BCUT2D eigenvalue weighted by Crippen LogP contribution is -1.99. The van der Waals surface area contributed by atoms with Crippen molar-refractivity contribution in [2.75, 3.05) is 11.9 Å². The molecule has 0 unspecified atom stereocenters. The minimum atomic E-state index is 0.00579. The summed E-state index contributed by atoms with van der Waals surface area (Å²) < 4.78 is 0. The second-order valence-electron chi connectivity index (χ2n) is 3.89. The molecule has 1 heterocycles. The highest BCUT2D eigenvalue weighted by molar-refractivity contribution is 7.18. The van der Waals surface area contributed by atoms with E-state index in [0.29, 0.717) is 10.6 Å². The van der Waals surface area contributed by atoms with Gasteiger partial charge in [0.15, 0.2) is 5.01 Å². The summed E-state index contributed by atoms with van der Waals surface area (Å²) in [4.78, 5) is 0. The van der Waals surface area contributed by atoms with Crippen LogP contribution in [-0.4, -0.2) is 27.0 Å². The molecule has 18 heavy (non-hydrogen) atoms. The number of phenols is 2. The number of benzene rings is 1. The topological polar surface area (TPSA) is 78.3 Å². The van der Waals surface area contributed by atoms with Gasteiger partial charge in [0, 0.05) is 12.6 Å². The van der Waals surface area contributed by atoms with Gasteiger partial charge in [0.2, 0.25) is 5.13 Å². The number of hydrogen-bond donors (Lipinski definition) is 3. The van der Waals surface area contributed by atoms with Gasteiger partial charge in [-0.05, 0) is 18.6 Å². The van der Waals surface area contributed by atoms with Crippen molar-refractivity contribution >= 4 is 16.5 Å². The fourth-order valence-electron chi connectivity index (χ4n) is 1.48. The van der Waals surface area contributed by atoms with Crippen LogP contribution in [0.2, 0.25) is 0 Å². The van der Waals surface area contributed by atoms with Gasteiger partial charge < -0.3 is 15.5 Å². The zero-order valence-electron chi connectivity index (χ0n) is 10.1. The fraction of sp³-hybridized carbons (Fsp3) is 0.333. The zero-order chi connectivity index (χ0) is 13.0. The molecule has 0 saturated carbocycles. The van der Waals surface area contributed by atoms with Crippen LogP contribution in [0.4, 0.5) is 5.13 Å². The SMILES string of the molecule is CCCCNc1nnc(-c2ccc(O)cc2O)s1. The Kier molecular flexibility index (Phi) is 3.99. The van der Waals surface area contributed by atoms with E-state index in [1.165, 1.54) is 23.5 Å². The minimum Gasteiger partial charge on any atom is -0.508 e. The summed E-state index contributed by atoms with van der Waals surface area (Å²) >= 11 is 1.38. The molecule has 1 aromatic carbocycles. The highest BCUT2D eigenvalue weighted by Gasteiger charge is 2.10. The first-order chi connectivity index (χ1) is 8.70. The first-order valence-corrected chi connectivity index (χ1v) is 6.62. The summed E-state index contributed by atoms with van der Waals surface area (Å²) in [5.74, 6) is 0.0355. The molecule has 0 spiro atoms. The largest absolute Gasteiger partial charge is 0.508 e. The molecule has 5 nitrogen and oxygen atoms in total. The summed E-state index contributed by atoms with van der Waals surface area (Å²) in [7, 11) is 0. The van der Waals surface area contributed by atoms with Gasteiger partial charge in [-0.3, -0.25) is 0 Å². The van der Waals surface area contributed by atoms with Crippen molar-refractivity contribution in [2.24, 2.45) is 0 Å². The van der Waals surface area contributed by atoms with Gasteiger partial charge >= 0.3 is 0 Å². The quantitative estimate of drug-likeness (QED) is 0.724. The van der Waals surface area contributed by atoms with Crippen LogP contribution in [0.1, 0.15) is 19.8 Å². The van der Waals surface area contributed by atoms with E-state index >= 15 is 0 Å². The number of nitrogens with one attached hydrogen (secondary N) is 1. The second-order valence-corrected chi connectivity index (χ2v) is 4.87. The van der Waals surface area contributed by atoms with Crippen molar-refractivity contribution in [3.05, 3.63) is 18.2 Å². The summed E-state index contributed by atoms with van der Waals surface area (Å²) in [5.41, 5.74) is 0.578. The summed E-state index contributed by atoms with van der Waals surface area (Å²) in [5, 5.41) is 31.5. The van der Waals surface area contributed by atoms with E-state index in [2.05, 4.69) is 22.4 Å². The summed E-state index contributed by atoms with van der Waals surface area (Å²) in [6.07, 6.45) is 2.21. The number of anilines is 1. The van der Waals surface area contributed by atoms with Gasteiger partial charge in [-0.1, -0.05) is 24.7 Å². The molecule has 0 aliphatic carbocycles. The van der Waals surface area contributed by atoms with Crippen LogP contribution < -0.4 is 5.32 Å². The van der Waals surface area contributed by atoms with Crippen LogP contribution in [0.25, 0.3) is 10.6 Å². The highest BCUT2D eigenvalue weighted by atomic mass is 32.1. The van der Waals surface area contributed by atoms with Crippen molar-refractivity contribution in [1.82, 2.24) is 10.2 Å². The lowest BCUT2D eigenvalue weighted by atomic mass is 10.2. The van der Waals surface area contributed by atoms with Gasteiger partial charge in [-0.15, -0.1) is 10.2 Å². The molecule has 1 aromatic heterocycles. The highest BCUT2D eigenvalue weighted by Crippen LogP contribution is 2.34. The smallest absolute Gasteiger partial charge is 0.206 e. The van der Waals surface area contributed by atoms with Gasteiger partial charge in [-0.25, -0.2) is 0 Å². The summed E-state index contributed by atoms with van der Waals surface area (Å²) in [6, 6.07) is 4.43. The standard InChI is InChI=1S/C12H15N3O2S/c1-2-3-6-13-12-15-14-11(18-12)9-5-4-8(16)7-10(9)17/h4-5,7,16-17H,2-3,6H2,1H3,(H,13,15). The van der Waals surface area contributed by atoms with Crippen molar-refractivity contribution < 1.29 is 10.2 Å². The maximum atomic E-state index is 9.73. The van der Waals surface area contributed by atoms with Gasteiger partial charge in [-0.2, -0.15) is 0 Å². The first-order valence-electron chi connectivity index (χ1n) is 5.80. The van der Waals surface area contributed by atoms with Crippen LogP contribution >= 0.6 is 11.3 Å². The maximum Gasteiger partial charge on any atom is 0.206 e. The van der Waals surface area contributed by atoms with Gasteiger partial charge in [0.25, 0.3) is 0 Å². The zero-order valence-corrected chi connectivity index (χ0v) is 10.9.